The summed E-state index contributed by atoms with van der Waals surface area (Å²) in [5.41, 5.74) is 9.08. The Kier molecular flexibility index (Phi) is 3.56. The Bertz CT molecular complexity index is 636. The number of aromatic nitrogens is 1. The average Bonchev–Trinajstić information content (AvgIpc) is 2.88. The Hall–Kier alpha value is -1.33. The Balaban J connectivity index is 2.07. The maximum atomic E-state index is 6.21. The van der Waals surface area contributed by atoms with E-state index < -0.39 is 0 Å². The van der Waals surface area contributed by atoms with Crippen LogP contribution >= 0.6 is 15.9 Å². The smallest absolute Gasteiger partial charge is 0.0745 e. The molecule has 1 aromatic heterocycles. The summed E-state index contributed by atoms with van der Waals surface area (Å²) in [6.07, 6.45) is 2.94. The molecule has 2 N–H and O–H groups in total. The van der Waals surface area contributed by atoms with Crippen molar-refractivity contribution in [3.05, 3.63) is 28.9 Å². The molecule has 0 saturated carbocycles. The van der Waals surface area contributed by atoms with Crippen LogP contribution in [0.5, 0.6) is 0 Å². The first-order chi connectivity index (χ1) is 9.56. The highest BCUT2D eigenvalue weighted by atomic mass is 79.9. The van der Waals surface area contributed by atoms with Crippen molar-refractivity contribution in [3.8, 4) is 0 Å². The topological polar surface area (TPSA) is 45.4 Å². The van der Waals surface area contributed by atoms with E-state index in [1.165, 1.54) is 6.42 Å². The normalized spacial score (nSPS) is 19.2. The fraction of sp³-hybridized carbons (Fsp3) is 0.400. The lowest BCUT2D eigenvalue weighted by Gasteiger charge is -2.24. The fourth-order valence-electron chi connectivity index (χ4n) is 2.89. The summed E-state index contributed by atoms with van der Waals surface area (Å²) in [7, 11) is 4.28. The lowest BCUT2D eigenvalue weighted by molar-refractivity contribution is 0.315. The maximum Gasteiger partial charge on any atom is 0.0745 e. The molecule has 0 radical (unpaired) electrons. The molecule has 1 aliphatic heterocycles. The van der Waals surface area contributed by atoms with E-state index in [9.17, 15) is 0 Å². The van der Waals surface area contributed by atoms with Crippen molar-refractivity contribution in [3.63, 3.8) is 0 Å². The zero-order valence-corrected chi connectivity index (χ0v) is 13.4. The van der Waals surface area contributed by atoms with Crippen LogP contribution in [0.25, 0.3) is 10.9 Å². The second kappa shape index (κ2) is 5.22. The zero-order valence-electron chi connectivity index (χ0n) is 11.8. The summed E-state index contributed by atoms with van der Waals surface area (Å²) in [4.78, 5) is 9.10. The van der Waals surface area contributed by atoms with Gasteiger partial charge in [0, 0.05) is 29.0 Å². The number of nitrogen functional groups attached to an aromatic ring is 1. The van der Waals surface area contributed by atoms with Gasteiger partial charge in [0.1, 0.15) is 0 Å². The second-order valence-corrected chi connectivity index (χ2v) is 6.49. The van der Waals surface area contributed by atoms with E-state index in [4.69, 9.17) is 5.73 Å². The number of nitrogens with zero attached hydrogens (tertiary/aromatic N) is 3. The molecule has 1 aromatic carbocycles. The van der Waals surface area contributed by atoms with E-state index in [-0.39, 0.29) is 0 Å². The molecule has 3 rings (SSSR count). The second-order valence-electron chi connectivity index (χ2n) is 5.58. The highest BCUT2D eigenvalue weighted by molar-refractivity contribution is 9.10. The Morgan fingerprint density at radius 3 is 2.90 bits per heavy atom. The summed E-state index contributed by atoms with van der Waals surface area (Å²) >= 11 is 3.54. The van der Waals surface area contributed by atoms with Crippen molar-refractivity contribution < 1.29 is 0 Å². The van der Waals surface area contributed by atoms with Gasteiger partial charge in [-0.3, -0.25) is 4.98 Å². The van der Waals surface area contributed by atoms with Crippen molar-refractivity contribution in [2.24, 2.45) is 0 Å². The third-order valence-electron chi connectivity index (χ3n) is 4.04. The zero-order chi connectivity index (χ0) is 14.3. The molecule has 1 saturated heterocycles. The minimum atomic E-state index is 0.588. The van der Waals surface area contributed by atoms with Crippen LogP contribution in [0.4, 0.5) is 11.4 Å². The van der Waals surface area contributed by atoms with E-state index in [1.54, 1.807) is 6.20 Å². The summed E-state index contributed by atoms with van der Waals surface area (Å²) in [6, 6.07) is 6.74. The van der Waals surface area contributed by atoms with E-state index in [1.807, 2.05) is 12.1 Å². The summed E-state index contributed by atoms with van der Waals surface area (Å²) in [6.45, 7) is 2.06. The lowest BCUT2D eigenvalue weighted by atomic mass is 10.1. The molecule has 2 heterocycles. The van der Waals surface area contributed by atoms with Gasteiger partial charge in [-0.2, -0.15) is 0 Å². The van der Waals surface area contributed by atoms with Gasteiger partial charge in [0.15, 0.2) is 0 Å². The first-order valence-electron chi connectivity index (χ1n) is 6.81. The molecule has 2 aromatic rings. The van der Waals surface area contributed by atoms with E-state index in [2.05, 4.69) is 50.9 Å². The number of pyridine rings is 1. The third-order valence-corrected chi connectivity index (χ3v) is 4.53. The molecule has 4 nitrogen and oxygen atoms in total. The molecule has 106 valence electrons. The van der Waals surface area contributed by atoms with Crippen molar-refractivity contribution in [1.29, 1.82) is 0 Å². The molecule has 0 spiro atoms. The van der Waals surface area contributed by atoms with E-state index in [0.29, 0.717) is 6.04 Å². The van der Waals surface area contributed by atoms with Gasteiger partial charge in [0.2, 0.25) is 0 Å². The molecule has 0 bridgehead atoms. The number of benzene rings is 1. The number of nitrogens with two attached hydrogens (primary N) is 1. The molecule has 1 aliphatic rings. The standard InChI is InChI=1S/C15H19BrN4/c1-19(2)11-5-6-20(9-11)15-12-7-10(16)3-4-14(12)18-8-13(15)17/h3-4,7-8,11H,5-6,9,17H2,1-2H3. The number of likely N-dealkylation sites (N-methyl/N-ethyl adjacent to an activating group) is 1. The lowest BCUT2D eigenvalue weighted by Crippen LogP contribution is -2.31. The van der Waals surface area contributed by atoms with Gasteiger partial charge >= 0.3 is 0 Å². The van der Waals surface area contributed by atoms with Crippen molar-refractivity contribution in [2.75, 3.05) is 37.8 Å². The Labute approximate surface area is 127 Å². The molecule has 5 heteroatoms. The fourth-order valence-corrected chi connectivity index (χ4v) is 3.25. The maximum absolute atomic E-state index is 6.21. The SMILES string of the molecule is CN(C)C1CCN(c2c(N)cnc3ccc(Br)cc23)C1. The molecule has 1 fully saturated rings. The summed E-state index contributed by atoms with van der Waals surface area (Å²) in [5, 5.41) is 1.12. The Morgan fingerprint density at radius 2 is 2.20 bits per heavy atom. The average molecular weight is 335 g/mol. The van der Waals surface area contributed by atoms with E-state index in [0.717, 1.165) is 39.8 Å². The van der Waals surface area contributed by atoms with Crippen LogP contribution in [-0.2, 0) is 0 Å². The van der Waals surface area contributed by atoms with Crippen LogP contribution in [-0.4, -0.2) is 43.1 Å². The largest absolute Gasteiger partial charge is 0.396 e. The van der Waals surface area contributed by atoms with Gasteiger partial charge < -0.3 is 15.5 Å². The van der Waals surface area contributed by atoms with Crippen LogP contribution in [0.2, 0.25) is 0 Å². The minimum absolute atomic E-state index is 0.588. The first-order valence-corrected chi connectivity index (χ1v) is 7.60. The van der Waals surface area contributed by atoms with Crippen molar-refractivity contribution in [1.82, 2.24) is 9.88 Å². The highest BCUT2D eigenvalue weighted by Crippen LogP contribution is 2.35. The monoisotopic (exact) mass is 334 g/mol. The van der Waals surface area contributed by atoms with Crippen LogP contribution in [0.15, 0.2) is 28.9 Å². The molecule has 1 unspecified atom stereocenters. The molecular weight excluding hydrogens is 316 g/mol. The van der Waals surface area contributed by atoms with Crippen LogP contribution in [0, 0.1) is 0 Å². The van der Waals surface area contributed by atoms with Crippen molar-refractivity contribution in [2.45, 2.75) is 12.5 Å². The summed E-state index contributed by atoms with van der Waals surface area (Å²) in [5.74, 6) is 0. The number of rotatable bonds is 2. The number of fused-ring (bicyclic) bond motifs is 1. The van der Waals surface area contributed by atoms with Gasteiger partial charge in [0.05, 0.1) is 23.1 Å². The number of anilines is 2. The first kappa shape index (κ1) is 13.6. The van der Waals surface area contributed by atoms with Crippen molar-refractivity contribution >= 4 is 38.2 Å². The van der Waals surface area contributed by atoms with Gasteiger partial charge in [-0.15, -0.1) is 0 Å². The van der Waals surface area contributed by atoms with Crippen LogP contribution in [0.3, 0.4) is 0 Å². The van der Waals surface area contributed by atoms with Crippen LogP contribution < -0.4 is 10.6 Å². The van der Waals surface area contributed by atoms with Crippen LogP contribution in [0.1, 0.15) is 6.42 Å². The molecule has 1 atom stereocenters. The predicted molar refractivity (Wildman–Crippen MR) is 88.2 cm³/mol. The summed E-state index contributed by atoms with van der Waals surface area (Å²) < 4.78 is 1.06. The van der Waals surface area contributed by atoms with E-state index >= 15 is 0 Å². The molecule has 20 heavy (non-hydrogen) atoms. The van der Waals surface area contributed by atoms with Gasteiger partial charge in [-0.1, -0.05) is 15.9 Å². The number of hydrogen-bond donors (Lipinski definition) is 1. The van der Waals surface area contributed by atoms with Gasteiger partial charge in [0.25, 0.3) is 0 Å². The highest BCUT2D eigenvalue weighted by Gasteiger charge is 2.26. The molecular formula is C15H19BrN4. The third kappa shape index (κ3) is 2.36. The van der Waals surface area contributed by atoms with Gasteiger partial charge in [-0.25, -0.2) is 0 Å². The molecule has 0 amide bonds. The van der Waals surface area contributed by atoms with Gasteiger partial charge in [-0.05, 0) is 38.7 Å². The quantitative estimate of drug-likeness (QED) is 0.917. The minimum Gasteiger partial charge on any atom is -0.396 e. The molecule has 0 aliphatic carbocycles. The predicted octanol–water partition coefficient (Wildman–Crippen LogP) is 2.72. The Morgan fingerprint density at radius 1 is 1.40 bits per heavy atom. The number of hydrogen-bond acceptors (Lipinski definition) is 4. The number of halogens is 1.